The Hall–Kier alpha value is -3.29. The van der Waals surface area contributed by atoms with Crippen molar-refractivity contribution in [2.45, 2.75) is 46.0 Å². The number of amides is 1. The van der Waals surface area contributed by atoms with Gasteiger partial charge in [0.2, 0.25) is 0 Å². The second-order valence-electron chi connectivity index (χ2n) is 9.00. The van der Waals surface area contributed by atoms with Crippen LogP contribution >= 0.6 is 0 Å². The van der Waals surface area contributed by atoms with Gasteiger partial charge in [0.15, 0.2) is 0 Å². The Morgan fingerprint density at radius 2 is 1.94 bits per heavy atom. The lowest BCUT2D eigenvalue weighted by Crippen LogP contribution is -2.37. The maximum atomic E-state index is 13.2. The first-order valence-electron chi connectivity index (χ1n) is 11.5. The van der Waals surface area contributed by atoms with E-state index in [1.54, 1.807) is 6.92 Å². The highest BCUT2D eigenvalue weighted by atomic mass is 16.5. The number of fused-ring (bicyclic) bond motifs is 1. The van der Waals surface area contributed by atoms with E-state index in [-0.39, 0.29) is 12.0 Å². The Morgan fingerprint density at radius 1 is 1.21 bits per heavy atom. The SMILES string of the molecule is Cc1c(-c2c(C)c(C(=O)NCC3CCCC3)c(=O)n(C)c2CC(=O)O)ccc2c1NCCO2. The zero-order valence-electron chi connectivity index (χ0n) is 19.4. The summed E-state index contributed by atoms with van der Waals surface area (Å²) in [6.07, 6.45) is 4.19. The molecular weight excluding hydrogens is 422 g/mol. The second kappa shape index (κ2) is 9.29. The van der Waals surface area contributed by atoms with Crippen molar-refractivity contribution in [3.8, 4) is 16.9 Å². The molecule has 8 nitrogen and oxygen atoms in total. The van der Waals surface area contributed by atoms with E-state index in [9.17, 15) is 19.5 Å². The molecule has 4 rings (SSSR count). The Balaban J connectivity index is 1.85. The van der Waals surface area contributed by atoms with Crippen molar-refractivity contribution in [3.05, 3.63) is 44.9 Å². The molecule has 33 heavy (non-hydrogen) atoms. The molecule has 2 aromatic rings. The number of carboxylic acid groups (broad SMARTS) is 1. The van der Waals surface area contributed by atoms with Crippen LogP contribution in [0.15, 0.2) is 16.9 Å². The van der Waals surface area contributed by atoms with Gasteiger partial charge in [-0.1, -0.05) is 18.9 Å². The molecule has 1 aromatic carbocycles. The Labute approximate surface area is 193 Å². The van der Waals surface area contributed by atoms with Crippen molar-refractivity contribution in [1.29, 1.82) is 0 Å². The number of carbonyl (C=O) groups excluding carboxylic acids is 1. The summed E-state index contributed by atoms with van der Waals surface area (Å²) in [6.45, 7) is 5.45. The summed E-state index contributed by atoms with van der Waals surface area (Å²) in [6, 6.07) is 3.72. The van der Waals surface area contributed by atoms with E-state index >= 15 is 0 Å². The number of pyridine rings is 1. The van der Waals surface area contributed by atoms with Crippen molar-refractivity contribution < 1.29 is 19.4 Å². The number of aromatic nitrogens is 1. The molecule has 2 heterocycles. The summed E-state index contributed by atoms with van der Waals surface area (Å²) >= 11 is 0. The number of rotatable bonds is 6. The molecule has 1 aromatic heterocycles. The Kier molecular flexibility index (Phi) is 6.44. The molecule has 0 spiro atoms. The second-order valence-corrected chi connectivity index (χ2v) is 9.00. The van der Waals surface area contributed by atoms with Crippen LogP contribution in [-0.2, 0) is 18.3 Å². The number of benzene rings is 1. The van der Waals surface area contributed by atoms with Crippen molar-refractivity contribution in [2.24, 2.45) is 13.0 Å². The normalized spacial score (nSPS) is 15.5. The summed E-state index contributed by atoms with van der Waals surface area (Å²) in [5.41, 5.74) is 3.59. The summed E-state index contributed by atoms with van der Waals surface area (Å²) in [5, 5.41) is 15.9. The fourth-order valence-corrected chi connectivity index (χ4v) is 5.11. The van der Waals surface area contributed by atoms with E-state index in [1.807, 2.05) is 19.1 Å². The highest BCUT2D eigenvalue weighted by Gasteiger charge is 2.27. The van der Waals surface area contributed by atoms with Gasteiger partial charge in [-0.05, 0) is 55.4 Å². The third-order valence-corrected chi connectivity index (χ3v) is 6.89. The van der Waals surface area contributed by atoms with E-state index in [1.165, 1.54) is 24.5 Å². The molecule has 8 heteroatoms. The average Bonchev–Trinajstić information content (AvgIpc) is 3.31. The standard InChI is InChI=1S/C25H31N3O5/c1-14-17(8-9-19-23(14)26-10-11-33-19)21-15(2)22(24(31)27-13-16-6-4-5-7-16)25(32)28(3)18(21)12-20(29)30/h8-9,16,26H,4-7,10-13H2,1-3H3,(H,27,31)(H,29,30). The van der Waals surface area contributed by atoms with Gasteiger partial charge in [-0.3, -0.25) is 14.4 Å². The zero-order valence-corrected chi connectivity index (χ0v) is 19.4. The molecule has 1 saturated carbocycles. The van der Waals surface area contributed by atoms with Crippen LogP contribution in [0.4, 0.5) is 5.69 Å². The average molecular weight is 454 g/mol. The fourth-order valence-electron chi connectivity index (χ4n) is 5.11. The number of anilines is 1. The largest absolute Gasteiger partial charge is 0.490 e. The van der Waals surface area contributed by atoms with Gasteiger partial charge in [-0.2, -0.15) is 0 Å². The van der Waals surface area contributed by atoms with Crippen LogP contribution in [0.3, 0.4) is 0 Å². The number of hydrogen-bond donors (Lipinski definition) is 3. The van der Waals surface area contributed by atoms with Crippen molar-refractivity contribution in [3.63, 3.8) is 0 Å². The van der Waals surface area contributed by atoms with Gasteiger partial charge in [0.05, 0.1) is 12.1 Å². The van der Waals surface area contributed by atoms with E-state index in [0.29, 0.717) is 42.4 Å². The summed E-state index contributed by atoms with van der Waals surface area (Å²) < 4.78 is 7.04. The van der Waals surface area contributed by atoms with E-state index < -0.39 is 17.4 Å². The first kappa shape index (κ1) is 22.9. The number of nitrogens with zero attached hydrogens (tertiary/aromatic N) is 1. The van der Waals surface area contributed by atoms with Gasteiger partial charge in [0, 0.05) is 31.4 Å². The van der Waals surface area contributed by atoms with Crippen LogP contribution in [-0.4, -0.2) is 41.2 Å². The minimum absolute atomic E-state index is 0.0703. The van der Waals surface area contributed by atoms with Crippen LogP contribution in [0.1, 0.15) is 52.9 Å². The predicted molar refractivity (Wildman–Crippen MR) is 126 cm³/mol. The summed E-state index contributed by atoms with van der Waals surface area (Å²) in [5.74, 6) is -0.265. The molecule has 0 atom stereocenters. The maximum Gasteiger partial charge on any atom is 0.309 e. The van der Waals surface area contributed by atoms with Crippen molar-refractivity contribution >= 4 is 17.6 Å². The molecule has 1 amide bonds. The monoisotopic (exact) mass is 453 g/mol. The Morgan fingerprint density at radius 3 is 2.64 bits per heavy atom. The highest BCUT2D eigenvalue weighted by Crippen LogP contribution is 2.40. The molecule has 176 valence electrons. The predicted octanol–water partition coefficient (Wildman–Crippen LogP) is 3.02. The van der Waals surface area contributed by atoms with Crippen LogP contribution < -0.4 is 20.9 Å². The van der Waals surface area contributed by atoms with Crippen LogP contribution in [0.25, 0.3) is 11.1 Å². The van der Waals surface area contributed by atoms with Crippen LogP contribution in [0.2, 0.25) is 0 Å². The van der Waals surface area contributed by atoms with Gasteiger partial charge in [0.25, 0.3) is 11.5 Å². The molecule has 1 fully saturated rings. The van der Waals surface area contributed by atoms with Gasteiger partial charge < -0.3 is 25.0 Å². The maximum absolute atomic E-state index is 13.2. The number of nitrogens with one attached hydrogen (secondary N) is 2. The smallest absolute Gasteiger partial charge is 0.309 e. The lowest BCUT2D eigenvalue weighted by molar-refractivity contribution is -0.136. The number of carboxylic acids is 1. The molecule has 3 N–H and O–H groups in total. The minimum Gasteiger partial charge on any atom is -0.490 e. The first-order chi connectivity index (χ1) is 15.8. The highest BCUT2D eigenvalue weighted by molar-refractivity contribution is 5.98. The van der Waals surface area contributed by atoms with Gasteiger partial charge in [0.1, 0.15) is 17.9 Å². The minimum atomic E-state index is -1.04. The summed E-state index contributed by atoms with van der Waals surface area (Å²) in [4.78, 5) is 38.1. The number of ether oxygens (including phenoxy) is 1. The first-order valence-corrected chi connectivity index (χ1v) is 11.5. The summed E-state index contributed by atoms with van der Waals surface area (Å²) in [7, 11) is 1.53. The molecule has 0 bridgehead atoms. The quantitative estimate of drug-likeness (QED) is 0.620. The van der Waals surface area contributed by atoms with Gasteiger partial charge >= 0.3 is 5.97 Å². The molecular formula is C25H31N3O5. The van der Waals surface area contributed by atoms with Crippen LogP contribution in [0, 0.1) is 19.8 Å². The van der Waals surface area contributed by atoms with E-state index in [4.69, 9.17) is 4.74 Å². The molecule has 0 radical (unpaired) electrons. The number of carbonyl (C=O) groups is 2. The molecule has 0 saturated heterocycles. The third-order valence-electron chi connectivity index (χ3n) is 6.89. The third kappa shape index (κ3) is 4.34. The topological polar surface area (TPSA) is 110 Å². The molecule has 1 aliphatic heterocycles. The van der Waals surface area contributed by atoms with Gasteiger partial charge in [-0.15, -0.1) is 0 Å². The molecule has 2 aliphatic rings. The van der Waals surface area contributed by atoms with Crippen LogP contribution in [0.5, 0.6) is 5.75 Å². The lowest BCUT2D eigenvalue weighted by Gasteiger charge is -2.25. The lowest BCUT2D eigenvalue weighted by atomic mass is 9.90. The fraction of sp³-hybridized carbons (Fsp3) is 0.480. The van der Waals surface area contributed by atoms with Crippen molar-refractivity contribution in [2.75, 3.05) is 25.0 Å². The number of aliphatic carboxylic acids is 1. The van der Waals surface area contributed by atoms with Gasteiger partial charge in [-0.25, -0.2) is 0 Å². The number of hydrogen-bond acceptors (Lipinski definition) is 5. The molecule has 1 aliphatic carbocycles. The molecule has 0 unspecified atom stereocenters. The van der Waals surface area contributed by atoms with E-state index in [2.05, 4.69) is 10.6 Å². The van der Waals surface area contributed by atoms with Crippen molar-refractivity contribution in [1.82, 2.24) is 9.88 Å². The zero-order chi connectivity index (χ0) is 23.7. The van der Waals surface area contributed by atoms with E-state index in [0.717, 1.165) is 35.4 Å². The Bertz CT molecular complexity index is 1160.